The van der Waals surface area contributed by atoms with Gasteiger partial charge in [0.2, 0.25) is 0 Å². The summed E-state index contributed by atoms with van der Waals surface area (Å²) in [5.74, 6) is 0.145. The van der Waals surface area contributed by atoms with Crippen molar-refractivity contribution in [3.63, 3.8) is 0 Å². The maximum atomic E-state index is 11.8. The summed E-state index contributed by atoms with van der Waals surface area (Å²) in [6, 6.07) is 17.2. The van der Waals surface area contributed by atoms with Crippen molar-refractivity contribution in [3.8, 4) is 5.75 Å². The van der Waals surface area contributed by atoms with Crippen LogP contribution < -0.4 is 0 Å². The monoisotopic (exact) mass is 351 g/mol. The highest BCUT2D eigenvalue weighted by Gasteiger charge is 2.39. The first kappa shape index (κ1) is 18.7. The van der Waals surface area contributed by atoms with Gasteiger partial charge >= 0.3 is 0 Å². The molecule has 2 N–H and O–H groups in total. The standard InChI is InChI=1S/C23H29NO2/c1-2-15-23(26,20-11-13-21(25)14-12-20)22(19-9-5-3-6-10-19)18-24-16-7-4-8-17-24/h2-3,5-6,9-14,22,25-26H,1,4,7-8,15-18H2/t22-,23+/m0/s1. The fourth-order valence-corrected chi connectivity index (χ4v) is 4.05. The van der Waals surface area contributed by atoms with E-state index in [9.17, 15) is 10.2 Å². The molecular formula is C23H29NO2. The van der Waals surface area contributed by atoms with Crippen LogP contribution in [0.2, 0.25) is 0 Å². The van der Waals surface area contributed by atoms with E-state index in [0.29, 0.717) is 6.42 Å². The number of aliphatic hydroxyl groups is 1. The van der Waals surface area contributed by atoms with Crippen molar-refractivity contribution >= 4 is 0 Å². The highest BCUT2D eigenvalue weighted by Crippen LogP contribution is 2.41. The highest BCUT2D eigenvalue weighted by molar-refractivity contribution is 5.35. The molecule has 0 saturated carbocycles. The quantitative estimate of drug-likeness (QED) is 0.726. The summed E-state index contributed by atoms with van der Waals surface area (Å²) in [6.45, 7) is 6.88. The molecule has 0 unspecified atom stereocenters. The van der Waals surface area contributed by atoms with E-state index in [1.54, 1.807) is 18.2 Å². The summed E-state index contributed by atoms with van der Waals surface area (Å²) in [7, 11) is 0. The number of phenolic OH excluding ortho intramolecular Hbond substituents is 1. The third-order valence-corrected chi connectivity index (χ3v) is 5.49. The smallest absolute Gasteiger partial charge is 0.115 e. The van der Waals surface area contributed by atoms with Gasteiger partial charge in [0.05, 0.1) is 0 Å². The van der Waals surface area contributed by atoms with Crippen LogP contribution in [0.3, 0.4) is 0 Å². The highest BCUT2D eigenvalue weighted by atomic mass is 16.3. The van der Waals surface area contributed by atoms with Crippen LogP contribution in [0.5, 0.6) is 5.75 Å². The predicted octanol–water partition coefficient (Wildman–Crippen LogP) is 4.43. The van der Waals surface area contributed by atoms with E-state index in [1.807, 2.05) is 30.3 Å². The lowest BCUT2D eigenvalue weighted by Crippen LogP contribution is -2.42. The third kappa shape index (κ3) is 4.17. The second-order valence-electron chi connectivity index (χ2n) is 7.29. The van der Waals surface area contributed by atoms with Gasteiger partial charge in [0.15, 0.2) is 0 Å². The van der Waals surface area contributed by atoms with E-state index in [0.717, 1.165) is 30.8 Å². The molecule has 1 fully saturated rings. The molecule has 1 saturated heterocycles. The average molecular weight is 351 g/mol. The molecule has 2 aromatic rings. The number of rotatable bonds is 7. The molecule has 0 amide bonds. The zero-order valence-corrected chi connectivity index (χ0v) is 15.3. The second-order valence-corrected chi connectivity index (χ2v) is 7.29. The molecule has 1 heterocycles. The molecule has 0 aromatic heterocycles. The van der Waals surface area contributed by atoms with Crippen LogP contribution in [0.15, 0.2) is 67.3 Å². The molecule has 26 heavy (non-hydrogen) atoms. The van der Waals surface area contributed by atoms with Crippen molar-refractivity contribution in [2.75, 3.05) is 19.6 Å². The largest absolute Gasteiger partial charge is 0.508 e. The molecule has 0 aliphatic carbocycles. The van der Waals surface area contributed by atoms with Gasteiger partial charge in [0.25, 0.3) is 0 Å². The molecule has 3 rings (SSSR count). The third-order valence-electron chi connectivity index (χ3n) is 5.49. The second kappa shape index (κ2) is 8.52. The van der Waals surface area contributed by atoms with Gasteiger partial charge in [-0.05, 0) is 55.6 Å². The van der Waals surface area contributed by atoms with Gasteiger partial charge in [-0.25, -0.2) is 0 Å². The van der Waals surface area contributed by atoms with Crippen molar-refractivity contribution in [3.05, 3.63) is 78.4 Å². The molecule has 0 bridgehead atoms. The molecule has 2 aromatic carbocycles. The molecule has 0 radical (unpaired) electrons. The SMILES string of the molecule is C=CC[C@@](O)(c1ccc(O)cc1)[C@@H](CN1CCCCC1)c1ccccc1. The summed E-state index contributed by atoms with van der Waals surface area (Å²) >= 11 is 0. The van der Waals surface area contributed by atoms with Crippen molar-refractivity contribution in [2.45, 2.75) is 37.2 Å². The van der Waals surface area contributed by atoms with E-state index >= 15 is 0 Å². The first-order valence-corrected chi connectivity index (χ1v) is 9.53. The van der Waals surface area contributed by atoms with Crippen LogP contribution in [0, 0.1) is 0 Å². The fraction of sp³-hybridized carbons (Fsp3) is 0.391. The minimum absolute atomic E-state index is 0.0654. The molecule has 1 aliphatic rings. The average Bonchev–Trinajstić information content (AvgIpc) is 2.68. The topological polar surface area (TPSA) is 43.7 Å². The lowest BCUT2D eigenvalue weighted by molar-refractivity contribution is -0.00430. The number of benzene rings is 2. The molecule has 138 valence electrons. The van der Waals surface area contributed by atoms with Gasteiger partial charge in [0, 0.05) is 12.5 Å². The Balaban J connectivity index is 2.00. The van der Waals surface area contributed by atoms with Gasteiger partial charge in [-0.15, -0.1) is 6.58 Å². The van der Waals surface area contributed by atoms with Crippen LogP contribution >= 0.6 is 0 Å². The van der Waals surface area contributed by atoms with Crippen LogP contribution in [-0.2, 0) is 5.60 Å². The lowest BCUT2D eigenvalue weighted by atomic mass is 9.74. The van der Waals surface area contributed by atoms with Gasteiger partial charge in [0.1, 0.15) is 11.4 Å². The fourth-order valence-electron chi connectivity index (χ4n) is 4.05. The molecular weight excluding hydrogens is 322 g/mol. The zero-order valence-electron chi connectivity index (χ0n) is 15.3. The Morgan fingerprint density at radius 3 is 2.27 bits per heavy atom. The molecule has 3 heteroatoms. The van der Waals surface area contributed by atoms with E-state index in [1.165, 1.54) is 19.3 Å². The number of aromatic hydroxyl groups is 1. The molecule has 2 atom stereocenters. The van der Waals surface area contributed by atoms with Crippen LogP contribution in [0.1, 0.15) is 42.7 Å². The van der Waals surface area contributed by atoms with E-state index in [2.05, 4.69) is 23.6 Å². The minimum Gasteiger partial charge on any atom is -0.508 e. The van der Waals surface area contributed by atoms with Crippen LogP contribution in [-0.4, -0.2) is 34.7 Å². The van der Waals surface area contributed by atoms with Crippen LogP contribution in [0.4, 0.5) is 0 Å². The number of hydrogen-bond acceptors (Lipinski definition) is 3. The van der Waals surface area contributed by atoms with Crippen molar-refractivity contribution in [2.24, 2.45) is 0 Å². The maximum absolute atomic E-state index is 11.8. The number of hydrogen-bond donors (Lipinski definition) is 2. The Bertz CT molecular complexity index is 692. The van der Waals surface area contributed by atoms with Crippen LogP contribution in [0.25, 0.3) is 0 Å². The zero-order chi connectivity index (χ0) is 18.4. The molecule has 1 aliphatic heterocycles. The number of piperidine rings is 1. The first-order chi connectivity index (χ1) is 12.6. The van der Waals surface area contributed by atoms with Gasteiger partial charge in [-0.1, -0.05) is 55.0 Å². The van der Waals surface area contributed by atoms with Crippen molar-refractivity contribution in [1.82, 2.24) is 4.90 Å². The number of phenols is 1. The summed E-state index contributed by atoms with van der Waals surface area (Å²) in [5.41, 5.74) is 0.894. The molecule has 0 spiro atoms. The van der Waals surface area contributed by atoms with E-state index in [-0.39, 0.29) is 11.7 Å². The lowest BCUT2D eigenvalue weighted by Gasteiger charge is -2.40. The van der Waals surface area contributed by atoms with Gasteiger partial charge in [-0.3, -0.25) is 0 Å². The van der Waals surface area contributed by atoms with Crippen molar-refractivity contribution < 1.29 is 10.2 Å². The van der Waals surface area contributed by atoms with Gasteiger partial charge in [-0.2, -0.15) is 0 Å². The Labute approximate surface area is 156 Å². The van der Waals surface area contributed by atoms with E-state index in [4.69, 9.17) is 0 Å². The Hall–Kier alpha value is -2.10. The Morgan fingerprint density at radius 1 is 1.00 bits per heavy atom. The summed E-state index contributed by atoms with van der Waals surface area (Å²) in [6.07, 6.45) is 5.99. The van der Waals surface area contributed by atoms with E-state index < -0.39 is 5.60 Å². The van der Waals surface area contributed by atoms with Crippen molar-refractivity contribution in [1.29, 1.82) is 0 Å². The van der Waals surface area contributed by atoms with Gasteiger partial charge < -0.3 is 15.1 Å². The maximum Gasteiger partial charge on any atom is 0.115 e. The Kier molecular flexibility index (Phi) is 6.12. The summed E-state index contributed by atoms with van der Waals surface area (Å²) in [4.78, 5) is 2.47. The summed E-state index contributed by atoms with van der Waals surface area (Å²) in [5, 5.41) is 21.5. The number of likely N-dealkylation sites (tertiary alicyclic amines) is 1. The number of nitrogens with zero attached hydrogens (tertiary/aromatic N) is 1. The molecule has 3 nitrogen and oxygen atoms in total. The normalized spacial score (nSPS) is 18.8. The minimum atomic E-state index is -1.06. The predicted molar refractivity (Wildman–Crippen MR) is 106 cm³/mol. The Morgan fingerprint density at radius 2 is 1.65 bits per heavy atom. The summed E-state index contributed by atoms with van der Waals surface area (Å²) < 4.78 is 0. The first-order valence-electron chi connectivity index (χ1n) is 9.53.